The van der Waals surface area contributed by atoms with Crippen LogP contribution >= 0.6 is 0 Å². The van der Waals surface area contributed by atoms with E-state index in [-0.39, 0.29) is 0 Å². The first-order chi connectivity index (χ1) is 8.16. The molecule has 4 bridgehead atoms. The third-order valence-electron chi connectivity index (χ3n) is 5.54. The quantitative estimate of drug-likeness (QED) is 0.781. The molecule has 3 heteroatoms. The molecule has 4 saturated carbocycles. The van der Waals surface area contributed by atoms with Gasteiger partial charge in [0.05, 0.1) is 0 Å². The van der Waals surface area contributed by atoms with Gasteiger partial charge in [0.1, 0.15) is 5.82 Å². The summed E-state index contributed by atoms with van der Waals surface area (Å²) in [6, 6.07) is 0. The van der Waals surface area contributed by atoms with Crippen molar-refractivity contribution in [1.82, 2.24) is 10.2 Å². The Morgan fingerprint density at radius 1 is 1.12 bits per heavy atom. The molecule has 5 rings (SSSR count). The molecular formula is C14H21N3. The minimum absolute atomic E-state index is 0.385. The summed E-state index contributed by atoms with van der Waals surface area (Å²) in [7, 11) is 0. The van der Waals surface area contributed by atoms with Gasteiger partial charge in [0, 0.05) is 16.7 Å². The average molecular weight is 231 g/mol. The van der Waals surface area contributed by atoms with Crippen molar-refractivity contribution in [2.45, 2.75) is 50.9 Å². The molecule has 4 aliphatic carbocycles. The topological polar surface area (TPSA) is 54.7 Å². The highest BCUT2D eigenvalue weighted by Crippen LogP contribution is 2.61. The molecule has 4 aliphatic rings. The molecule has 1 heterocycles. The molecule has 0 aliphatic heterocycles. The number of rotatable bonds is 1. The molecule has 0 saturated heterocycles. The van der Waals surface area contributed by atoms with E-state index in [4.69, 9.17) is 5.73 Å². The first-order valence-electron chi connectivity index (χ1n) is 6.97. The Bertz CT molecular complexity index is 405. The molecule has 0 atom stereocenters. The van der Waals surface area contributed by atoms with E-state index in [0.29, 0.717) is 5.41 Å². The van der Waals surface area contributed by atoms with Gasteiger partial charge in [-0.15, -0.1) is 0 Å². The second-order valence-corrected chi connectivity index (χ2v) is 6.81. The lowest BCUT2D eigenvalue weighted by Crippen LogP contribution is -2.48. The van der Waals surface area contributed by atoms with E-state index in [9.17, 15) is 0 Å². The van der Waals surface area contributed by atoms with E-state index in [1.165, 1.54) is 49.8 Å². The van der Waals surface area contributed by atoms with E-state index >= 15 is 0 Å². The molecule has 3 nitrogen and oxygen atoms in total. The summed E-state index contributed by atoms with van der Waals surface area (Å²) in [5, 5.41) is 7.31. The van der Waals surface area contributed by atoms with Gasteiger partial charge in [-0.25, -0.2) is 0 Å². The minimum atomic E-state index is 0.385. The number of aromatic amines is 1. The SMILES string of the molecule is Cc1[nH]nc(N)c1C12CC3CC(CC(C3)C1)C2. The maximum absolute atomic E-state index is 6.12. The van der Waals surface area contributed by atoms with Crippen molar-refractivity contribution in [3.63, 3.8) is 0 Å². The first-order valence-corrected chi connectivity index (χ1v) is 6.97. The zero-order chi connectivity index (χ0) is 11.6. The number of anilines is 1. The molecule has 0 aromatic carbocycles. The molecule has 0 spiro atoms. The fourth-order valence-electron chi connectivity index (χ4n) is 5.53. The molecule has 0 unspecified atom stereocenters. The molecule has 0 amide bonds. The van der Waals surface area contributed by atoms with Crippen molar-refractivity contribution < 1.29 is 0 Å². The van der Waals surface area contributed by atoms with E-state index in [1.807, 2.05) is 0 Å². The molecule has 17 heavy (non-hydrogen) atoms. The molecule has 3 N–H and O–H groups in total. The fourth-order valence-corrected chi connectivity index (χ4v) is 5.53. The van der Waals surface area contributed by atoms with E-state index < -0.39 is 0 Å². The Hall–Kier alpha value is -0.990. The van der Waals surface area contributed by atoms with Crippen LogP contribution in [-0.4, -0.2) is 10.2 Å². The maximum Gasteiger partial charge on any atom is 0.149 e. The van der Waals surface area contributed by atoms with Crippen LogP contribution in [0.25, 0.3) is 0 Å². The van der Waals surface area contributed by atoms with Gasteiger partial charge >= 0.3 is 0 Å². The van der Waals surface area contributed by atoms with Gasteiger partial charge in [-0.05, 0) is 63.2 Å². The van der Waals surface area contributed by atoms with Crippen molar-refractivity contribution in [2.75, 3.05) is 5.73 Å². The molecule has 92 valence electrons. The van der Waals surface area contributed by atoms with Crippen LogP contribution in [0.3, 0.4) is 0 Å². The van der Waals surface area contributed by atoms with Gasteiger partial charge < -0.3 is 5.73 Å². The smallest absolute Gasteiger partial charge is 0.149 e. The van der Waals surface area contributed by atoms with Gasteiger partial charge in [0.25, 0.3) is 0 Å². The van der Waals surface area contributed by atoms with Crippen LogP contribution in [0.2, 0.25) is 0 Å². The monoisotopic (exact) mass is 231 g/mol. The molecule has 4 fully saturated rings. The molecule has 0 radical (unpaired) electrons. The Balaban J connectivity index is 1.82. The highest BCUT2D eigenvalue weighted by Gasteiger charge is 2.53. The predicted molar refractivity (Wildman–Crippen MR) is 67.6 cm³/mol. The number of hydrogen-bond donors (Lipinski definition) is 2. The van der Waals surface area contributed by atoms with Gasteiger partial charge in [0.15, 0.2) is 0 Å². The Morgan fingerprint density at radius 3 is 2.06 bits per heavy atom. The summed E-state index contributed by atoms with van der Waals surface area (Å²) in [5.41, 5.74) is 9.09. The average Bonchev–Trinajstić information content (AvgIpc) is 2.56. The normalized spacial score (nSPS) is 43.2. The van der Waals surface area contributed by atoms with Crippen LogP contribution in [0.5, 0.6) is 0 Å². The summed E-state index contributed by atoms with van der Waals surface area (Å²) < 4.78 is 0. The van der Waals surface area contributed by atoms with E-state index in [1.54, 1.807) is 0 Å². The number of nitrogens with zero attached hydrogens (tertiary/aromatic N) is 1. The minimum Gasteiger partial charge on any atom is -0.382 e. The third-order valence-corrected chi connectivity index (χ3v) is 5.54. The summed E-state index contributed by atoms with van der Waals surface area (Å²) in [6.07, 6.45) is 8.54. The second-order valence-electron chi connectivity index (χ2n) is 6.81. The summed E-state index contributed by atoms with van der Waals surface area (Å²) in [5.74, 6) is 3.67. The second kappa shape index (κ2) is 3.06. The van der Waals surface area contributed by atoms with Gasteiger partial charge in [-0.3, -0.25) is 5.10 Å². The largest absolute Gasteiger partial charge is 0.382 e. The van der Waals surface area contributed by atoms with Crippen LogP contribution in [0.15, 0.2) is 0 Å². The third kappa shape index (κ3) is 1.25. The zero-order valence-corrected chi connectivity index (χ0v) is 10.5. The Morgan fingerprint density at radius 2 is 1.65 bits per heavy atom. The Labute approximate surface area is 102 Å². The fraction of sp³-hybridized carbons (Fsp3) is 0.786. The summed E-state index contributed by atoms with van der Waals surface area (Å²) in [4.78, 5) is 0. The van der Waals surface area contributed by atoms with Gasteiger partial charge in [-0.2, -0.15) is 5.10 Å². The highest BCUT2D eigenvalue weighted by molar-refractivity contribution is 5.48. The standard InChI is InChI=1S/C14H21N3/c1-8-12(13(15)17-16-8)14-5-9-2-10(6-14)4-11(3-9)7-14/h9-11H,2-7H2,1H3,(H3,15,16,17). The lowest BCUT2D eigenvalue weighted by atomic mass is 9.48. The van der Waals surface area contributed by atoms with Crippen LogP contribution in [0, 0.1) is 24.7 Å². The number of H-pyrrole nitrogens is 1. The van der Waals surface area contributed by atoms with Gasteiger partial charge in [-0.1, -0.05) is 0 Å². The predicted octanol–water partition coefficient (Wildman–Crippen LogP) is 2.77. The molecule has 1 aromatic heterocycles. The van der Waals surface area contributed by atoms with Crippen LogP contribution in [-0.2, 0) is 5.41 Å². The van der Waals surface area contributed by atoms with Gasteiger partial charge in [0.2, 0.25) is 0 Å². The lowest BCUT2D eigenvalue weighted by molar-refractivity contribution is -0.00509. The summed E-state index contributed by atoms with van der Waals surface area (Å²) in [6.45, 7) is 2.14. The highest BCUT2D eigenvalue weighted by atomic mass is 15.2. The van der Waals surface area contributed by atoms with Crippen LogP contribution in [0.4, 0.5) is 5.82 Å². The number of aromatic nitrogens is 2. The van der Waals surface area contributed by atoms with E-state index in [0.717, 1.165) is 23.6 Å². The number of hydrogen-bond acceptors (Lipinski definition) is 2. The van der Waals surface area contributed by atoms with Crippen molar-refractivity contribution in [3.8, 4) is 0 Å². The number of nitrogens with one attached hydrogen (secondary N) is 1. The number of nitrogen functional groups attached to an aromatic ring is 1. The number of aryl methyl sites for hydroxylation is 1. The molecular weight excluding hydrogens is 210 g/mol. The zero-order valence-electron chi connectivity index (χ0n) is 10.5. The summed E-state index contributed by atoms with van der Waals surface area (Å²) >= 11 is 0. The maximum atomic E-state index is 6.12. The van der Waals surface area contributed by atoms with E-state index in [2.05, 4.69) is 17.1 Å². The van der Waals surface area contributed by atoms with Crippen LogP contribution < -0.4 is 5.73 Å². The Kier molecular flexibility index (Phi) is 1.80. The van der Waals surface area contributed by atoms with Crippen molar-refractivity contribution in [2.24, 2.45) is 17.8 Å². The molecule has 1 aromatic rings. The first kappa shape index (κ1) is 9.98. The lowest BCUT2D eigenvalue weighted by Gasteiger charge is -2.57. The van der Waals surface area contributed by atoms with Crippen molar-refractivity contribution in [1.29, 1.82) is 0 Å². The van der Waals surface area contributed by atoms with Crippen molar-refractivity contribution in [3.05, 3.63) is 11.3 Å². The van der Waals surface area contributed by atoms with Crippen molar-refractivity contribution >= 4 is 5.82 Å². The van der Waals surface area contributed by atoms with Crippen LogP contribution in [0.1, 0.15) is 49.8 Å². The number of nitrogens with two attached hydrogens (primary N) is 1.